The molecule has 1 fully saturated rings. The molecular formula is C14H19NO3. The van der Waals surface area contributed by atoms with E-state index in [1.54, 1.807) is 12.1 Å². The van der Waals surface area contributed by atoms with E-state index in [0.717, 1.165) is 30.9 Å². The molecule has 3 rings (SSSR count). The van der Waals surface area contributed by atoms with Crippen LogP contribution in [0.15, 0.2) is 18.2 Å². The minimum Gasteiger partial charge on any atom is -0.508 e. The average molecular weight is 249 g/mol. The van der Waals surface area contributed by atoms with Gasteiger partial charge < -0.3 is 19.9 Å². The molecular weight excluding hydrogens is 230 g/mol. The van der Waals surface area contributed by atoms with Gasteiger partial charge in [-0.25, -0.2) is 0 Å². The van der Waals surface area contributed by atoms with Crippen molar-refractivity contribution in [2.75, 3.05) is 19.8 Å². The molecule has 0 spiro atoms. The number of hydrogen-bond donors (Lipinski definition) is 2. The average Bonchev–Trinajstić information content (AvgIpc) is 2.98. The number of fused-ring (bicyclic) bond motifs is 1. The largest absolute Gasteiger partial charge is 0.508 e. The molecule has 18 heavy (non-hydrogen) atoms. The van der Waals surface area contributed by atoms with Gasteiger partial charge in [-0.3, -0.25) is 0 Å². The molecule has 1 saturated heterocycles. The highest BCUT2D eigenvalue weighted by Crippen LogP contribution is 2.35. The summed E-state index contributed by atoms with van der Waals surface area (Å²) >= 11 is 0. The first-order valence-corrected chi connectivity index (χ1v) is 6.53. The Morgan fingerprint density at radius 2 is 2.28 bits per heavy atom. The van der Waals surface area contributed by atoms with Gasteiger partial charge >= 0.3 is 0 Å². The van der Waals surface area contributed by atoms with Crippen LogP contribution in [0.4, 0.5) is 0 Å². The summed E-state index contributed by atoms with van der Waals surface area (Å²) in [4.78, 5) is 0. The van der Waals surface area contributed by atoms with Crippen LogP contribution in [0.25, 0.3) is 0 Å². The fraction of sp³-hybridized carbons (Fsp3) is 0.571. The Balaban J connectivity index is 1.68. The molecule has 3 atom stereocenters. The molecule has 3 unspecified atom stereocenters. The van der Waals surface area contributed by atoms with Crippen molar-refractivity contribution in [1.82, 2.24) is 5.32 Å². The fourth-order valence-corrected chi connectivity index (χ4v) is 2.74. The lowest BCUT2D eigenvalue weighted by Gasteiger charge is -2.23. The summed E-state index contributed by atoms with van der Waals surface area (Å²) in [6, 6.07) is 5.97. The van der Waals surface area contributed by atoms with Crippen LogP contribution < -0.4 is 10.1 Å². The lowest BCUT2D eigenvalue weighted by atomic mass is 9.98. The standard InChI is InChI=1S/C14H19NO3/c1-9(10-4-5-17-7-10)15-13-8-18-14-6-11(16)2-3-12(13)14/h2-3,6,9-10,13,15-16H,4-5,7-8H2,1H3. The van der Waals surface area contributed by atoms with Crippen molar-refractivity contribution in [2.45, 2.75) is 25.4 Å². The summed E-state index contributed by atoms with van der Waals surface area (Å²) in [7, 11) is 0. The number of aromatic hydroxyl groups is 1. The molecule has 0 radical (unpaired) electrons. The van der Waals surface area contributed by atoms with Crippen molar-refractivity contribution < 1.29 is 14.6 Å². The number of benzene rings is 1. The Hall–Kier alpha value is -1.26. The van der Waals surface area contributed by atoms with Gasteiger partial charge in [0.2, 0.25) is 0 Å². The van der Waals surface area contributed by atoms with Crippen LogP contribution >= 0.6 is 0 Å². The van der Waals surface area contributed by atoms with E-state index in [1.165, 1.54) is 0 Å². The number of nitrogens with one attached hydrogen (secondary N) is 1. The predicted molar refractivity (Wildman–Crippen MR) is 67.9 cm³/mol. The van der Waals surface area contributed by atoms with E-state index in [1.807, 2.05) is 6.07 Å². The Kier molecular flexibility index (Phi) is 3.14. The molecule has 2 aliphatic heterocycles. The van der Waals surface area contributed by atoms with Gasteiger partial charge in [-0.15, -0.1) is 0 Å². The first-order valence-electron chi connectivity index (χ1n) is 6.53. The van der Waals surface area contributed by atoms with Gasteiger partial charge in [-0.2, -0.15) is 0 Å². The highest BCUT2D eigenvalue weighted by Gasteiger charge is 2.29. The highest BCUT2D eigenvalue weighted by atomic mass is 16.5. The van der Waals surface area contributed by atoms with Crippen LogP contribution in [-0.2, 0) is 4.74 Å². The molecule has 2 N–H and O–H groups in total. The molecule has 0 bridgehead atoms. The smallest absolute Gasteiger partial charge is 0.127 e. The van der Waals surface area contributed by atoms with Crippen molar-refractivity contribution in [1.29, 1.82) is 0 Å². The summed E-state index contributed by atoms with van der Waals surface area (Å²) in [6.07, 6.45) is 1.13. The quantitative estimate of drug-likeness (QED) is 0.858. The number of rotatable bonds is 3. The maximum absolute atomic E-state index is 9.42. The molecule has 1 aromatic rings. The third kappa shape index (κ3) is 2.18. The van der Waals surface area contributed by atoms with Crippen LogP contribution in [0.3, 0.4) is 0 Å². The summed E-state index contributed by atoms with van der Waals surface area (Å²) < 4.78 is 11.0. The minimum atomic E-state index is 0.219. The lowest BCUT2D eigenvalue weighted by molar-refractivity contribution is 0.175. The molecule has 0 aromatic heterocycles. The first-order chi connectivity index (χ1) is 8.74. The number of phenols is 1. The predicted octanol–water partition coefficient (Wildman–Crippen LogP) is 1.84. The maximum atomic E-state index is 9.42. The highest BCUT2D eigenvalue weighted by molar-refractivity contribution is 5.44. The Bertz CT molecular complexity index is 429. The summed E-state index contributed by atoms with van der Waals surface area (Å²) in [5.41, 5.74) is 1.14. The van der Waals surface area contributed by atoms with Crippen LogP contribution in [0.2, 0.25) is 0 Å². The van der Waals surface area contributed by atoms with Crippen molar-refractivity contribution in [2.24, 2.45) is 5.92 Å². The molecule has 2 heterocycles. The van der Waals surface area contributed by atoms with E-state index >= 15 is 0 Å². The van der Waals surface area contributed by atoms with Crippen LogP contribution in [-0.4, -0.2) is 31.0 Å². The van der Waals surface area contributed by atoms with Crippen LogP contribution in [0.5, 0.6) is 11.5 Å². The Labute approximate surface area is 107 Å². The summed E-state index contributed by atoms with van der Waals surface area (Å²) in [5, 5.41) is 13.0. The van der Waals surface area contributed by atoms with E-state index in [-0.39, 0.29) is 11.8 Å². The van der Waals surface area contributed by atoms with Gasteiger partial charge in [0.05, 0.1) is 12.6 Å². The van der Waals surface area contributed by atoms with Gasteiger partial charge in [0.15, 0.2) is 0 Å². The van der Waals surface area contributed by atoms with E-state index in [0.29, 0.717) is 18.6 Å². The molecule has 0 amide bonds. The fourth-order valence-electron chi connectivity index (χ4n) is 2.74. The zero-order valence-electron chi connectivity index (χ0n) is 10.6. The summed E-state index contributed by atoms with van der Waals surface area (Å²) in [5.74, 6) is 1.64. The SMILES string of the molecule is CC(NC1COc2cc(O)ccc21)C1CCOC1. The maximum Gasteiger partial charge on any atom is 0.127 e. The van der Waals surface area contributed by atoms with Gasteiger partial charge in [-0.1, -0.05) is 0 Å². The third-order valence-electron chi connectivity index (χ3n) is 3.91. The van der Waals surface area contributed by atoms with Crippen molar-refractivity contribution >= 4 is 0 Å². The topological polar surface area (TPSA) is 50.7 Å². The number of hydrogen-bond acceptors (Lipinski definition) is 4. The van der Waals surface area contributed by atoms with Gasteiger partial charge in [-0.05, 0) is 31.4 Å². The molecule has 0 saturated carbocycles. The second-order valence-corrected chi connectivity index (χ2v) is 5.16. The molecule has 98 valence electrons. The molecule has 4 nitrogen and oxygen atoms in total. The zero-order chi connectivity index (χ0) is 12.5. The van der Waals surface area contributed by atoms with E-state index in [9.17, 15) is 5.11 Å². The van der Waals surface area contributed by atoms with Crippen molar-refractivity contribution in [3.05, 3.63) is 23.8 Å². The van der Waals surface area contributed by atoms with Crippen LogP contribution in [0, 0.1) is 5.92 Å². The van der Waals surface area contributed by atoms with E-state index < -0.39 is 0 Å². The van der Waals surface area contributed by atoms with Crippen molar-refractivity contribution in [3.8, 4) is 11.5 Å². The van der Waals surface area contributed by atoms with Gasteiger partial charge in [0.1, 0.15) is 18.1 Å². The normalized spacial score (nSPS) is 27.8. The van der Waals surface area contributed by atoms with Gasteiger partial charge in [0, 0.05) is 24.3 Å². The first kappa shape index (κ1) is 11.8. The second kappa shape index (κ2) is 4.78. The second-order valence-electron chi connectivity index (χ2n) is 5.16. The minimum absolute atomic E-state index is 0.219. The van der Waals surface area contributed by atoms with E-state index in [2.05, 4.69) is 12.2 Å². The third-order valence-corrected chi connectivity index (χ3v) is 3.91. The van der Waals surface area contributed by atoms with Crippen LogP contribution in [0.1, 0.15) is 24.9 Å². The number of phenolic OH excluding ortho intramolecular Hbond substituents is 1. The molecule has 2 aliphatic rings. The number of ether oxygens (including phenoxy) is 2. The molecule has 0 aliphatic carbocycles. The van der Waals surface area contributed by atoms with Crippen molar-refractivity contribution in [3.63, 3.8) is 0 Å². The molecule has 4 heteroatoms. The Morgan fingerprint density at radius 1 is 1.39 bits per heavy atom. The lowest BCUT2D eigenvalue weighted by Crippen LogP contribution is -2.37. The molecule has 1 aromatic carbocycles. The van der Waals surface area contributed by atoms with E-state index in [4.69, 9.17) is 9.47 Å². The Morgan fingerprint density at radius 3 is 3.06 bits per heavy atom. The zero-order valence-corrected chi connectivity index (χ0v) is 10.6. The van der Waals surface area contributed by atoms with Gasteiger partial charge in [0.25, 0.3) is 0 Å². The monoisotopic (exact) mass is 249 g/mol. The summed E-state index contributed by atoms with van der Waals surface area (Å²) in [6.45, 7) is 4.57.